The van der Waals surface area contributed by atoms with Crippen LogP contribution >= 0.6 is 0 Å². The molecule has 1 saturated heterocycles. The molecule has 0 bridgehead atoms. The van der Waals surface area contributed by atoms with Crippen molar-refractivity contribution in [3.63, 3.8) is 0 Å². The molecule has 0 radical (unpaired) electrons. The summed E-state index contributed by atoms with van der Waals surface area (Å²) in [4.78, 5) is 14.1. The third-order valence-corrected chi connectivity index (χ3v) is 3.67. The Labute approximate surface area is 113 Å². The van der Waals surface area contributed by atoms with Crippen LogP contribution in [0.15, 0.2) is 18.2 Å². The van der Waals surface area contributed by atoms with E-state index in [1.54, 1.807) is 17.0 Å². The number of likely N-dealkylation sites (tertiary alicyclic amines) is 1. The summed E-state index contributed by atoms with van der Waals surface area (Å²) in [5.74, 6) is 0.916. The van der Waals surface area contributed by atoms with Gasteiger partial charge in [-0.05, 0) is 43.5 Å². The van der Waals surface area contributed by atoms with Crippen molar-refractivity contribution in [2.45, 2.75) is 12.8 Å². The van der Waals surface area contributed by atoms with E-state index < -0.39 is 0 Å². The Morgan fingerprint density at radius 3 is 2.74 bits per heavy atom. The van der Waals surface area contributed by atoms with E-state index in [0.717, 1.165) is 12.8 Å². The molecule has 0 aliphatic carbocycles. The Bertz CT molecular complexity index is 454. The van der Waals surface area contributed by atoms with Crippen molar-refractivity contribution in [2.75, 3.05) is 26.7 Å². The molecule has 1 heterocycles. The number of hydrogen-bond acceptors (Lipinski definition) is 4. The predicted octanol–water partition coefficient (Wildman–Crippen LogP) is 1.21. The summed E-state index contributed by atoms with van der Waals surface area (Å²) in [7, 11) is 1.54. The van der Waals surface area contributed by atoms with Crippen LogP contribution in [0.3, 0.4) is 0 Å². The van der Waals surface area contributed by atoms with Crippen LogP contribution in [0.2, 0.25) is 0 Å². The Balaban J connectivity index is 2.11. The van der Waals surface area contributed by atoms with E-state index in [4.69, 9.17) is 10.5 Å². The average Bonchev–Trinajstić information content (AvgIpc) is 2.47. The number of benzene rings is 1. The van der Waals surface area contributed by atoms with Gasteiger partial charge in [-0.15, -0.1) is 0 Å². The van der Waals surface area contributed by atoms with Crippen molar-refractivity contribution in [3.8, 4) is 11.5 Å². The monoisotopic (exact) mass is 264 g/mol. The molecule has 1 aromatic rings. The van der Waals surface area contributed by atoms with Crippen molar-refractivity contribution in [1.82, 2.24) is 4.90 Å². The number of hydrogen-bond donors (Lipinski definition) is 2. The van der Waals surface area contributed by atoms with E-state index in [-0.39, 0.29) is 11.7 Å². The molecule has 0 unspecified atom stereocenters. The first-order valence-corrected chi connectivity index (χ1v) is 6.52. The van der Waals surface area contributed by atoms with Crippen molar-refractivity contribution in [3.05, 3.63) is 23.8 Å². The third kappa shape index (κ3) is 2.98. The number of rotatable bonds is 3. The van der Waals surface area contributed by atoms with Crippen LogP contribution in [0.5, 0.6) is 11.5 Å². The van der Waals surface area contributed by atoms with Crippen LogP contribution in [-0.4, -0.2) is 42.7 Å². The zero-order chi connectivity index (χ0) is 13.8. The fraction of sp³-hybridized carbons (Fsp3) is 0.500. The molecule has 0 aromatic heterocycles. The summed E-state index contributed by atoms with van der Waals surface area (Å²) in [5.41, 5.74) is 5.93. The number of phenols is 1. The quantitative estimate of drug-likeness (QED) is 0.860. The molecular formula is C14H20N2O3. The highest BCUT2D eigenvalue weighted by atomic mass is 16.5. The maximum Gasteiger partial charge on any atom is 0.257 e. The molecule has 1 fully saturated rings. The van der Waals surface area contributed by atoms with Crippen LogP contribution < -0.4 is 10.5 Å². The lowest BCUT2D eigenvalue weighted by atomic mass is 9.96. The topological polar surface area (TPSA) is 75.8 Å². The van der Waals surface area contributed by atoms with Gasteiger partial charge in [-0.25, -0.2) is 0 Å². The van der Waals surface area contributed by atoms with Crippen molar-refractivity contribution >= 4 is 5.91 Å². The SMILES string of the molecule is COc1ccc(O)c(C(=O)N2CCC(CN)CC2)c1. The third-order valence-electron chi connectivity index (χ3n) is 3.67. The number of nitrogens with two attached hydrogens (primary N) is 1. The molecule has 3 N–H and O–H groups in total. The summed E-state index contributed by atoms with van der Waals surface area (Å²) >= 11 is 0. The van der Waals surface area contributed by atoms with Gasteiger partial charge in [0, 0.05) is 13.1 Å². The van der Waals surface area contributed by atoms with Gasteiger partial charge in [0.25, 0.3) is 5.91 Å². The standard InChI is InChI=1S/C14H20N2O3/c1-19-11-2-3-13(17)12(8-11)14(18)16-6-4-10(9-15)5-7-16/h2-3,8,10,17H,4-7,9,15H2,1H3. The number of carbonyl (C=O) groups is 1. The number of nitrogens with zero attached hydrogens (tertiary/aromatic N) is 1. The fourth-order valence-electron chi connectivity index (χ4n) is 2.36. The van der Waals surface area contributed by atoms with Gasteiger partial charge in [0.05, 0.1) is 12.7 Å². The van der Waals surface area contributed by atoms with E-state index in [1.807, 2.05) is 0 Å². The van der Waals surface area contributed by atoms with Crippen molar-refractivity contribution < 1.29 is 14.6 Å². The molecule has 1 aliphatic rings. The van der Waals surface area contributed by atoms with E-state index in [2.05, 4.69) is 0 Å². The lowest BCUT2D eigenvalue weighted by Crippen LogP contribution is -2.40. The number of methoxy groups -OCH3 is 1. The molecule has 1 aromatic carbocycles. The molecule has 1 aliphatic heterocycles. The second-order valence-corrected chi connectivity index (χ2v) is 4.85. The molecule has 19 heavy (non-hydrogen) atoms. The molecule has 1 amide bonds. The predicted molar refractivity (Wildman–Crippen MR) is 72.3 cm³/mol. The van der Waals surface area contributed by atoms with E-state index in [0.29, 0.717) is 36.9 Å². The highest BCUT2D eigenvalue weighted by Crippen LogP contribution is 2.26. The molecule has 0 atom stereocenters. The Hall–Kier alpha value is -1.75. The van der Waals surface area contributed by atoms with E-state index in [1.165, 1.54) is 13.2 Å². The van der Waals surface area contributed by atoms with Gasteiger partial charge in [0.15, 0.2) is 0 Å². The highest BCUT2D eigenvalue weighted by molar-refractivity contribution is 5.97. The average molecular weight is 264 g/mol. The van der Waals surface area contributed by atoms with Crippen molar-refractivity contribution in [2.24, 2.45) is 11.7 Å². The minimum absolute atomic E-state index is 0.00764. The molecule has 0 spiro atoms. The number of aromatic hydroxyl groups is 1. The number of carbonyl (C=O) groups excluding carboxylic acids is 1. The van der Waals surface area contributed by atoms with Crippen LogP contribution in [0, 0.1) is 5.92 Å². The Kier molecular flexibility index (Phi) is 4.27. The van der Waals surface area contributed by atoms with Gasteiger partial charge in [-0.1, -0.05) is 0 Å². The second kappa shape index (κ2) is 5.93. The largest absolute Gasteiger partial charge is 0.507 e. The van der Waals surface area contributed by atoms with Crippen LogP contribution in [0.4, 0.5) is 0 Å². The summed E-state index contributed by atoms with van der Waals surface area (Å²) in [6, 6.07) is 4.69. The molecule has 104 valence electrons. The first kappa shape index (κ1) is 13.7. The maximum atomic E-state index is 12.4. The van der Waals surface area contributed by atoms with Gasteiger partial charge in [-0.3, -0.25) is 4.79 Å². The first-order valence-electron chi connectivity index (χ1n) is 6.52. The minimum atomic E-state index is -0.146. The fourth-order valence-corrected chi connectivity index (χ4v) is 2.36. The van der Waals surface area contributed by atoms with E-state index in [9.17, 15) is 9.90 Å². The number of piperidine rings is 1. The number of amides is 1. The summed E-state index contributed by atoms with van der Waals surface area (Å²) < 4.78 is 5.08. The zero-order valence-electron chi connectivity index (χ0n) is 11.1. The lowest BCUT2D eigenvalue weighted by Gasteiger charge is -2.31. The summed E-state index contributed by atoms with van der Waals surface area (Å²) in [6.07, 6.45) is 1.85. The molecule has 5 heteroatoms. The first-order chi connectivity index (χ1) is 9.15. The van der Waals surface area contributed by atoms with Crippen LogP contribution in [-0.2, 0) is 0 Å². The summed E-state index contributed by atoms with van der Waals surface area (Å²) in [6.45, 7) is 2.06. The van der Waals surface area contributed by atoms with Gasteiger partial charge < -0.3 is 20.5 Å². The van der Waals surface area contributed by atoms with Crippen LogP contribution in [0.25, 0.3) is 0 Å². The van der Waals surface area contributed by atoms with Gasteiger partial charge >= 0.3 is 0 Å². The maximum absolute atomic E-state index is 12.4. The molecular weight excluding hydrogens is 244 g/mol. The minimum Gasteiger partial charge on any atom is -0.507 e. The smallest absolute Gasteiger partial charge is 0.257 e. The van der Waals surface area contributed by atoms with Crippen LogP contribution in [0.1, 0.15) is 23.2 Å². The normalized spacial score (nSPS) is 16.4. The lowest BCUT2D eigenvalue weighted by molar-refractivity contribution is 0.0690. The second-order valence-electron chi connectivity index (χ2n) is 4.85. The number of ether oxygens (including phenoxy) is 1. The Morgan fingerprint density at radius 1 is 1.47 bits per heavy atom. The molecule has 0 saturated carbocycles. The van der Waals surface area contributed by atoms with Gasteiger partial charge in [0.2, 0.25) is 0 Å². The highest BCUT2D eigenvalue weighted by Gasteiger charge is 2.24. The number of phenolic OH excluding ortho intramolecular Hbond substituents is 1. The van der Waals surface area contributed by atoms with Gasteiger partial charge in [0.1, 0.15) is 11.5 Å². The Morgan fingerprint density at radius 2 is 2.16 bits per heavy atom. The summed E-state index contributed by atoms with van der Waals surface area (Å²) in [5, 5.41) is 9.81. The van der Waals surface area contributed by atoms with E-state index >= 15 is 0 Å². The molecule has 5 nitrogen and oxygen atoms in total. The van der Waals surface area contributed by atoms with Gasteiger partial charge in [-0.2, -0.15) is 0 Å². The molecule has 2 rings (SSSR count). The zero-order valence-corrected chi connectivity index (χ0v) is 11.1. The van der Waals surface area contributed by atoms with Crippen molar-refractivity contribution in [1.29, 1.82) is 0 Å².